The van der Waals surface area contributed by atoms with Gasteiger partial charge < -0.3 is 0 Å². The molecule has 0 radical (unpaired) electrons. The van der Waals surface area contributed by atoms with Gasteiger partial charge in [0.2, 0.25) is 0 Å². The minimum Gasteiger partial charge on any atom is -0.219 e. The number of hydrogen-bond acceptors (Lipinski definition) is 1. The molecule has 2 N–H and O–H groups in total. The van der Waals surface area contributed by atoms with Crippen molar-refractivity contribution >= 4 is 0 Å². The molecule has 0 bridgehead atoms. The van der Waals surface area contributed by atoms with E-state index in [1.807, 2.05) is 0 Å². The molecule has 0 amide bonds. The van der Waals surface area contributed by atoms with Crippen LogP contribution in [-0.4, -0.2) is 16.3 Å². The first-order chi connectivity index (χ1) is 4.79. The molecule has 0 heterocycles. The van der Waals surface area contributed by atoms with E-state index in [-0.39, 0.29) is 11.1 Å². The zero-order valence-electron chi connectivity index (χ0n) is 5.92. The molecule has 1 fully saturated rings. The van der Waals surface area contributed by atoms with Crippen LogP contribution in [0.2, 0.25) is 0 Å². The van der Waals surface area contributed by atoms with Crippen molar-refractivity contribution in [2.45, 2.75) is 38.1 Å². The quantitative estimate of drug-likeness (QED) is 0.570. The normalized spacial score (nSPS) is 20.4. The molecule has 0 unspecified atom stereocenters. The van der Waals surface area contributed by atoms with Crippen molar-refractivity contribution in [2.75, 3.05) is 0 Å². The number of nitrogens with zero attached hydrogens (tertiary/aromatic N) is 1. The second-order valence-electron chi connectivity index (χ2n) is 2.74. The number of hydrogen-bond donors (Lipinski definition) is 2. The Morgan fingerprint density at radius 3 is 2.40 bits per heavy atom. The first-order valence-corrected chi connectivity index (χ1v) is 3.71. The molecule has 1 saturated carbocycles. The minimum atomic E-state index is -0.185. The van der Waals surface area contributed by atoms with Crippen LogP contribution in [0.3, 0.4) is 0 Å². The summed E-state index contributed by atoms with van der Waals surface area (Å²) in [6.07, 6.45) is 5.57. The predicted octanol–water partition coefficient (Wildman–Crippen LogP) is 0.992. The highest BCUT2D eigenvalue weighted by Gasteiger charge is 2.18. The summed E-state index contributed by atoms with van der Waals surface area (Å²) in [5.41, 5.74) is 2.42. The predicted molar refractivity (Wildman–Crippen MR) is 35.4 cm³/mol. The SMILES string of the molecule is O=[N+](O)NC1CCCCC1. The molecule has 1 aliphatic carbocycles. The van der Waals surface area contributed by atoms with Gasteiger partial charge in [0.1, 0.15) is 4.91 Å². The Hall–Kier alpha value is -0.800. The number of nitrogens with one attached hydrogen (secondary N) is 1. The Kier molecular flexibility index (Phi) is 2.48. The van der Waals surface area contributed by atoms with Gasteiger partial charge in [-0.15, -0.1) is 0 Å². The van der Waals surface area contributed by atoms with Crippen molar-refractivity contribution in [1.29, 1.82) is 0 Å². The summed E-state index contributed by atoms with van der Waals surface area (Å²) in [5.74, 6) is 0. The maximum absolute atomic E-state index is 10.1. The summed E-state index contributed by atoms with van der Waals surface area (Å²) >= 11 is 0. The average molecular weight is 145 g/mol. The highest BCUT2D eigenvalue weighted by Crippen LogP contribution is 2.16. The molecule has 10 heavy (non-hydrogen) atoms. The maximum atomic E-state index is 10.1. The monoisotopic (exact) mass is 145 g/mol. The molecule has 0 aromatic rings. The lowest BCUT2D eigenvalue weighted by atomic mass is 9.96. The standard InChI is InChI=1S/C6H13N2O2/c9-8(10)7-6-4-2-1-3-5-6/h6-7H,1-5H2,(H,9,10)/q+1. The molecule has 0 atom stereocenters. The van der Waals surface area contributed by atoms with Crippen molar-refractivity contribution in [3.05, 3.63) is 4.91 Å². The summed E-state index contributed by atoms with van der Waals surface area (Å²) < 4.78 is 0. The first kappa shape index (κ1) is 7.31. The third-order valence-electron chi connectivity index (χ3n) is 1.90. The first-order valence-electron chi connectivity index (χ1n) is 3.71. The Bertz CT molecular complexity index is 121. The van der Waals surface area contributed by atoms with Gasteiger partial charge in [0.25, 0.3) is 0 Å². The summed E-state index contributed by atoms with van der Waals surface area (Å²) in [6.45, 7) is 0. The summed E-state index contributed by atoms with van der Waals surface area (Å²) in [5, 5.41) is 8.09. The van der Waals surface area contributed by atoms with E-state index >= 15 is 0 Å². The lowest BCUT2D eigenvalue weighted by Crippen LogP contribution is -2.36. The lowest BCUT2D eigenvalue weighted by Gasteiger charge is -2.16. The zero-order valence-corrected chi connectivity index (χ0v) is 5.92. The fourth-order valence-electron chi connectivity index (χ4n) is 1.39. The van der Waals surface area contributed by atoms with Crippen LogP contribution >= 0.6 is 0 Å². The van der Waals surface area contributed by atoms with Crippen LogP contribution in [0, 0.1) is 4.91 Å². The van der Waals surface area contributed by atoms with E-state index in [0.717, 1.165) is 25.7 Å². The number of hydrazine groups is 1. The van der Waals surface area contributed by atoms with Crippen LogP contribution < -0.4 is 5.43 Å². The van der Waals surface area contributed by atoms with Crippen LogP contribution in [0.25, 0.3) is 0 Å². The van der Waals surface area contributed by atoms with Gasteiger partial charge in [0, 0.05) is 0 Å². The molecule has 4 nitrogen and oxygen atoms in total. The molecule has 0 spiro atoms. The van der Waals surface area contributed by atoms with Gasteiger partial charge in [0.05, 0.1) is 6.04 Å². The fraction of sp³-hybridized carbons (Fsp3) is 1.00. The largest absolute Gasteiger partial charge is 0.354 e. The van der Waals surface area contributed by atoms with E-state index < -0.39 is 0 Å². The Morgan fingerprint density at radius 2 is 1.90 bits per heavy atom. The Balaban J connectivity index is 2.19. The minimum absolute atomic E-state index is 0.185. The molecule has 1 rings (SSSR count). The van der Waals surface area contributed by atoms with E-state index in [4.69, 9.17) is 5.21 Å². The van der Waals surface area contributed by atoms with Gasteiger partial charge in [-0.25, -0.2) is 5.21 Å². The molecule has 4 heteroatoms. The van der Waals surface area contributed by atoms with Crippen LogP contribution in [-0.2, 0) is 0 Å². The smallest absolute Gasteiger partial charge is 0.219 e. The molecule has 58 valence electrons. The van der Waals surface area contributed by atoms with E-state index in [1.165, 1.54) is 6.42 Å². The van der Waals surface area contributed by atoms with Gasteiger partial charge in [0.15, 0.2) is 0 Å². The zero-order chi connectivity index (χ0) is 7.40. The van der Waals surface area contributed by atoms with Gasteiger partial charge in [-0.2, -0.15) is 0 Å². The summed E-state index contributed by atoms with van der Waals surface area (Å²) in [4.78, 5) is 10.1. The van der Waals surface area contributed by atoms with E-state index in [9.17, 15) is 4.91 Å². The summed E-state index contributed by atoms with van der Waals surface area (Å²) in [7, 11) is 0. The highest BCUT2D eigenvalue weighted by atomic mass is 16.7. The van der Waals surface area contributed by atoms with Crippen molar-refractivity contribution in [3.63, 3.8) is 0 Å². The van der Waals surface area contributed by atoms with Gasteiger partial charge >= 0.3 is 5.03 Å². The third kappa shape index (κ3) is 2.21. The van der Waals surface area contributed by atoms with Crippen molar-refractivity contribution < 1.29 is 10.2 Å². The molecule has 0 aromatic carbocycles. The Labute approximate surface area is 59.7 Å². The van der Waals surface area contributed by atoms with Crippen molar-refractivity contribution in [2.24, 2.45) is 0 Å². The highest BCUT2D eigenvalue weighted by molar-refractivity contribution is 4.67. The molecular formula is C6H13N2O2+. The van der Waals surface area contributed by atoms with Gasteiger partial charge in [-0.05, 0) is 12.8 Å². The molecule has 0 aromatic heterocycles. The van der Waals surface area contributed by atoms with Crippen LogP contribution in [0.4, 0.5) is 0 Å². The third-order valence-corrected chi connectivity index (χ3v) is 1.90. The van der Waals surface area contributed by atoms with E-state index in [0.29, 0.717) is 0 Å². The Morgan fingerprint density at radius 1 is 1.30 bits per heavy atom. The lowest BCUT2D eigenvalue weighted by molar-refractivity contribution is -0.836. The van der Waals surface area contributed by atoms with Gasteiger partial charge in [-0.3, -0.25) is 0 Å². The molecule has 0 saturated heterocycles. The topological polar surface area (TPSA) is 52.3 Å². The molecular weight excluding hydrogens is 132 g/mol. The molecule has 1 aliphatic rings. The maximum Gasteiger partial charge on any atom is 0.354 e. The summed E-state index contributed by atoms with van der Waals surface area (Å²) in [6, 6.07) is 0.191. The van der Waals surface area contributed by atoms with Crippen LogP contribution in [0.15, 0.2) is 0 Å². The second-order valence-corrected chi connectivity index (χ2v) is 2.74. The number of rotatable bonds is 2. The van der Waals surface area contributed by atoms with Gasteiger partial charge in [-0.1, -0.05) is 24.7 Å². The fourth-order valence-corrected chi connectivity index (χ4v) is 1.39. The van der Waals surface area contributed by atoms with Crippen molar-refractivity contribution in [1.82, 2.24) is 5.43 Å². The molecule has 0 aliphatic heterocycles. The second kappa shape index (κ2) is 3.39. The van der Waals surface area contributed by atoms with Crippen LogP contribution in [0.1, 0.15) is 32.1 Å². The van der Waals surface area contributed by atoms with E-state index in [2.05, 4.69) is 5.43 Å². The van der Waals surface area contributed by atoms with E-state index in [1.54, 1.807) is 0 Å². The average Bonchev–Trinajstić information content (AvgIpc) is 1.88. The van der Waals surface area contributed by atoms with Crippen molar-refractivity contribution in [3.8, 4) is 0 Å². The van der Waals surface area contributed by atoms with Crippen LogP contribution in [0.5, 0.6) is 0 Å².